The molecule has 21 heavy (non-hydrogen) atoms. The molecule has 0 amide bonds. The largest absolute Gasteiger partial charge is 0.197 e. The summed E-state index contributed by atoms with van der Waals surface area (Å²) in [4.78, 5) is 0. The van der Waals surface area contributed by atoms with E-state index in [0.717, 1.165) is 5.56 Å². The molecule has 106 valence electrons. The summed E-state index contributed by atoms with van der Waals surface area (Å²) in [6, 6.07) is 13.6. The maximum absolute atomic E-state index is 9.03. The van der Waals surface area contributed by atoms with E-state index in [9.17, 15) is 0 Å². The van der Waals surface area contributed by atoms with Crippen molar-refractivity contribution in [2.45, 2.75) is 33.1 Å². The van der Waals surface area contributed by atoms with Crippen LogP contribution in [0.1, 0.15) is 38.8 Å². The molecule has 0 radical (unpaired) electrons. The second kappa shape index (κ2) is 6.25. The molecule has 0 aromatic heterocycles. The molecule has 0 atom stereocenters. The second-order valence-corrected chi connectivity index (χ2v) is 6.26. The average molecular weight is 277 g/mol. The van der Waals surface area contributed by atoms with Gasteiger partial charge in [-0.05, 0) is 17.7 Å². The van der Waals surface area contributed by atoms with Crippen LogP contribution in [0.4, 0.5) is 0 Å². The van der Waals surface area contributed by atoms with Crippen molar-refractivity contribution >= 4 is 0 Å². The summed E-state index contributed by atoms with van der Waals surface area (Å²) in [5, 5.41) is 26.9. The fourth-order valence-electron chi connectivity index (χ4n) is 1.95. The van der Waals surface area contributed by atoms with E-state index in [2.05, 4.69) is 19.9 Å². The summed E-state index contributed by atoms with van der Waals surface area (Å²) in [5.74, 6) is -0.675. The normalized spacial score (nSPS) is 11.9. The zero-order valence-corrected chi connectivity index (χ0v) is 12.9. The van der Waals surface area contributed by atoms with Crippen molar-refractivity contribution in [3.63, 3.8) is 0 Å². The molecule has 0 fully saturated rings. The Morgan fingerprint density at radius 3 is 1.86 bits per heavy atom. The first kappa shape index (κ1) is 16.5. The monoisotopic (exact) mass is 277 g/mol. The number of hydrogen-bond acceptors (Lipinski definition) is 3. The Morgan fingerprint density at radius 1 is 0.905 bits per heavy atom. The Bertz CT molecular complexity index is 630. The molecule has 0 spiro atoms. The van der Waals surface area contributed by atoms with Gasteiger partial charge < -0.3 is 0 Å². The number of benzene rings is 1. The first-order chi connectivity index (χ1) is 9.76. The molecule has 0 unspecified atom stereocenters. The van der Waals surface area contributed by atoms with Gasteiger partial charge in [0.1, 0.15) is 5.92 Å². The summed E-state index contributed by atoms with van der Waals surface area (Å²) in [6.45, 7) is 7.90. The van der Waals surface area contributed by atoms with Gasteiger partial charge in [-0.1, -0.05) is 52.0 Å². The third-order valence-corrected chi connectivity index (χ3v) is 3.69. The van der Waals surface area contributed by atoms with Crippen LogP contribution in [0.2, 0.25) is 0 Å². The van der Waals surface area contributed by atoms with Crippen molar-refractivity contribution in [1.29, 1.82) is 15.8 Å². The summed E-state index contributed by atoms with van der Waals surface area (Å²) in [6.07, 6.45) is 3.96. The Labute approximate surface area is 126 Å². The van der Waals surface area contributed by atoms with Crippen molar-refractivity contribution in [2.75, 3.05) is 0 Å². The molecular weight excluding hydrogens is 258 g/mol. The van der Waals surface area contributed by atoms with Crippen LogP contribution in [-0.2, 0) is 5.41 Å². The summed E-state index contributed by atoms with van der Waals surface area (Å²) in [7, 11) is 0. The first-order valence-electron chi connectivity index (χ1n) is 6.77. The maximum Gasteiger partial charge on any atom is 0.141 e. The first-order valence-corrected chi connectivity index (χ1v) is 6.77. The minimum Gasteiger partial charge on any atom is -0.197 e. The van der Waals surface area contributed by atoms with E-state index in [1.807, 2.05) is 50.3 Å². The fourth-order valence-corrected chi connectivity index (χ4v) is 1.95. The second-order valence-electron chi connectivity index (χ2n) is 6.26. The smallest absolute Gasteiger partial charge is 0.141 e. The Morgan fingerprint density at radius 2 is 1.43 bits per heavy atom. The predicted molar refractivity (Wildman–Crippen MR) is 81.8 cm³/mol. The lowest BCUT2D eigenvalue weighted by molar-refractivity contribution is 0.412. The van der Waals surface area contributed by atoms with Gasteiger partial charge in [-0.2, -0.15) is 15.8 Å². The standard InChI is InChI=1S/C18H19N3/c1-17(2,15-7-5-14(11-19)6-8-15)9-10-18(3,4)16(12-20)13-21/h5-10,16H,1-4H3/b10-9+. The SMILES string of the molecule is CC(C)(/C=C/C(C)(C)C(C#N)C#N)c1ccc(C#N)cc1. The van der Waals surface area contributed by atoms with E-state index in [1.165, 1.54) is 0 Å². The highest BCUT2D eigenvalue weighted by molar-refractivity contribution is 5.37. The number of hydrogen-bond donors (Lipinski definition) is 0. The minimum absolute atomic E-state index is 0.235. The molecule has 1 rings (SSSR count). The summed E-state index contributed by atoms with van der Waals surface area (Å²) < 4.78 is 0. The van der Waals surface area contributed by atoms with Crippen LogP contribution in [0.25, 0.3) is 0 Å². The number of allylic oxidation sites excluding steroid dienone is 2. The molecular formula is C18H19N3. The fraction of sp³-hybridized carbons (Fsp3) is 0.389. The molecule has 3 heteroatoms. The number of nitrogens with zero attached hydrogens (tertiary/aromatic N) is 3. The van der Waals surface area contributed by atoms with Crippen molar-refractivity contribution in [3.8, 4) is 18.2 Å². The lowest BCUT2D eigenvalue weighted by Gasteiger charge is -2.26. The molecule has 0 N–H and O–H groups in total. The van der Waals surface area contributed by atoms with Gasteiger partial charge in [0.05, 0.1) is 23.8 Å². The van der Waals surface area contributed by atoms with Gasteiger partial charge in [0.2, 0.25) is 0 Å². The van der Waals surface area contributed by atoms with Crippen LogP contribution >= 0.6 is 0 Å². The lowest BCUT2D eigenvalue weighted by atomic mass is 9.76. The number of rotatable bonds is 4. The Hall–Kier alpha value is -2.57. The van der Waals surface area contributed by atoms with Crippen molar-refractivity contribution < 1.29 is 0 Å². The highest BCUT2D eigenvalue weighted by atomic mass is 14.4. The van der Waals surface area contributed by atoms with Crippen LogP contribution in [0.5, 0.6) is 0 Å². The zero-order valence-electron chi connectivity index (χ0n) is 12.9. The van der Waals surface area contributed by atoms with Crippen molar-refractivity contribution in [2.24, 2.45) is 11.3 Å². The van der Waals surface area contributed by atoms with Crippen LogP contribution in [0.3, 0.4) is 0 Å². The van der Waals surface area contributed by atoms with Gasteiger partial charge in [0.25, 0.3) is 0 Å². The van der Waals surface area contributed by atoms with Crippen molar-refractivity contribution in [3.05, 3.63) is 47.5 Å². The molecule has 1 aromatic rings. The molecule has 0 aliphatic carbocycles. The van der Waals surface area contributed by atoms with Gasteiger partial charge in [-0.25, -0.2) is 0 Å². The van der Waals surface area contributed by atoms with E-state index in [-0.39, 0.29) is 5.41 Å². The van der Waals surface area contributed by atoms with Crippen molar-refractivity contribution in [1.82, 2.24) is 0 Å². The molecule has 3 nitrogen and oxygen atoms in total. The zero-order chi connectivity index (χ0) is 16.1. The third-order valence-electron chi connectivity index (χ3n) is 3.69. The molecule has 0 heterocycles. The summed E-state index contributed by atoms with van der Waals surface area (Å²) >= 11 is 0. The topological polar surface area (TPSA) is 71.4 Å². The van der Waals surface area contributed by atoms with Gasteiger partial charge in [0.15, 0.2) is 0 Å². The maximum atomic E-state index is 9.03. The number of nitriles is 3. The molecule has 1 aromatic carbocycles. The van der Waals surface area contributed by atoms with Gasteiger partial charge in [-0.15, -0.1) is 0 Å². The van der Waals surface area contributed by atoms with Crippen LogP contribution in [0.15, 0.2) is 36.4 Å². The molecule has 0 aliphatic rings. The van der Waals surface area contributed by atoms with Gasteiger partial charge >= 0.3 is 0 Å². The summed E-state index contributed by atoms with van der Waals surface area (Å²) in [5.41, 5.74) is 0.973. The van der Waals surface area contributed by atoms with E-state index >= 15 is 0 Å². The van der Waals surface area contributed by atoms with Gasteiger partial charge in [0, 0.05) is 10.8 Å². The van der Waals surface area contributed by atoms with E-state index < -0.39 is 11.3 Å². The quantitative estimate of drug-likeness (QED) is 0.778. The predicted octanol–water partition coefficient (Wildman–Crippen LogP) is 4.08. The van der Waals surface area contributed by atoms with Crippen LogP contribution in [0, 0.1) is 45.3 Å². The molecule has 0 aliphatic heterocycles. The molecule has 0 saturated carbocycles. The van der Waals surface area contributed by atoms with E-state index in [0.29, 0.717) is 5.56 Å². The van der Waals surface area contributed by atoms with E-state index in [4.69, 9.17) is 15.8 Å². The van der Waals surface area contributed by atoms with E-state index in [1.54, 1.807) is 12.1 Å². The van der Waals surface area contributed by atoms with Gasteiger partial charge in [-0.3, -0.25) is 0 Å². The van der Waals surface area contributed by atoms with Crippen LogP contribution in [-0.4, -0.2) is 0 Å². The van der Waals surface area contributed by atoms with Crippen LogP contribution < -0.4 is 0 Å². The highest BCUT2D eigenvalue weighted by Gasteiger charge is 2.28. The Kier molecular flexibility index (Phi) is 4.91. The lowest BCUT2D eigenvalue weighted by Crippen LogP contribution is -2.21. The highest BCUT2D eigenvalue weighted by Crippen LogP contribution is 2.32. The molecule has 0 saturated heterocycles. The average Bonchev–Trinajstić information content (AvgIpc) is 2.46. The minimum atomic E-state index is -0.675. The Balaban J connectivity index is 3.04. The third kappa shape index (κ3) is 3.95. The molecule has 0 bridgehead atoms.